The Labute approximate surface area is 122 Å². The van der Waals surface area contributed by atoms with Crippen LogP contribution in [0.5, 0.6) is 0 Å². The van der Waals surface area contributed by atoms with Gasteiger partial charge < -0.3 is 0 Å². The van der Waals surface area contributed by atoms with Crippen LogP contribution in [0.2, 0.25) is 0 Å². The van der Waals surface area contributed by atoms with Crippen LogP contribution in [0.25, 0.3) is 0 Å². The Balaban J connectivity index is 2.18. The first-order chi connectivity index (χ1) is 9.83. The van der Waals surface area contributed by atoms with E-state index in [9.17, 15) is 17.2 Å². The largest absolute Gasteiger partial charge is 0.286 e. The molecule has 21 heavy (non-hydrogen) atoms. The van der Waals surface area contributed by atoms with Gasteiger partial charge in [0.15, 0.2) is 0 Å². The Hall–Kier alpha value is -1.79. The van der Waals surface area contributed by atoms with Crippen molar-refractivity contribution in [3.8, 4) is 0 Å². The standard InChI is InChI=1S/C15H15F2NO2S/c1-12-7-5-6-10-14(12)15(16,17)11-18-21(19,20)13-8-3-2-4-9-13/h2-10,18H,11H2,1H3. The van der Waals surface area contributed by atoms with E-state index in [0.717, 1.165) is 0 Å². The summed E-state index contributed by atoms with van der Waals surface area (Å²) in [6.07, 6.45) is 0. The van der Waals surface area contributed by atoms with E-state index in [1.165, 1.54) is 36.4 Å². The van der Waals surface area contributed by atoms with Gasteiger partial charge in [-0.1, -0.05) is 42.5 Å². The van der Waals surface area contributed by atoms with Gasteiger partial charge in [-0.2, -0.15) is 8.78 Å². The number of alkyl halides is 2. The topological polar surface area (TPSA) is 46.2 Å². The Bertz CT molecular complexity index is 715. The van der Waals surface area contributed by atoms with Crippen molar-refractivity contribution >= 4 is 10.0 Å². The molecule has 0 aromatic heterocycles. The van der Waals surface area contributed by atoms with Crippen LogP contribution in [-0.4, -0.2) is 15.0 Å². The zero-order valence-electron chi connectivity index (χ0n) is 11.4. The van der Waals surface area contributed by atoms with Crippen molar-refractivity contribution in [2.75, 3.05) is 6.54 Å². The number of benzene rings is 2. The summed E-state index contributed by atoms with van der Waals surface area (Å²) < 4.78 is 54.1. The number of hydrogen-bond acceptors (Lipinski definition) is 2. The minimum absolute atomic E-state index is 0.0365. The predicted molar refractivity (Wildman–Crippen MR) is 76.7 cm³/mol. The van der Waals surface area contributed by atoms with E-state index in [1.54, 1.807) is 25.1 Å². The van der Waals surface area contributed by atoms with E-state index in [2.05, 4.69) is 0 Å². The minimum atomic E-state index is -3.94. The molecule has 0 fully saturated rings. The van der Waals surface area contributed by atoms with Crippen LogP contribution in [-0.2, 0) is 15.9 Å². The van der Waals surface area contributed by atoms with E-state index in [4.69, 9.17) is 0 Å². The van der Waals surface area contributed by atoms with Gasteiger partial charge in [0.1, 0.15) is 0 Å². The van der Waals surface area contributed by atoms with Crippen molar-refractivity contribution in [2.24, 2.45) is 0 Å². The molecule has 112 valence electrons. The first-order valence-corrected chi connectivity index (χ1v) is 7.80. The van der Waals surface area contributed by atoms with Crippen molar-refractivity contribution in [1.29, 1.82) is 0 Å². The molecule has 0 unspecified atom stereocenters. The van der Waals surface area contributed by atoms with E-state index < -0.39 is 22.5 Å². The van der Waals surface area contributed by atoms with Crippen molar-refractivity contribution in [1.82, 2.24) is 4.72 Å². The maximum Gasteiger partial charge on any atom is 0.286 e. The maximum absolute atomic E-state index is 14.1. The van der Waals surface area contributed by atoms with Crippen molar-refractivity contribution in [3.05, 3.63) is 65.7 Å². The fraction of sp³-hybridized carbons (Fsp3) is 0.200. The molecule has 1 N–H and O–H groups in total. The van der Waals surface area contributed by atoms with Gasteiger partial charge in [-0.3, -0.25) is 0 Å². The fourth-order valence-electron chi connectivity index (χ4n) is 1.95. The molecule has 0 heterocycles. The lowest BCUT2D eigenvalue weighted by Crippen LogP contribution is -2.35. The summed E-state index contributed by atoms with van der Waals surface area (Å²) in [5.41, 5.74) is 0.238. The molecule has 2 rings (SSSR count). The van der Waals surface area contributed by atoms with Crippen LogP contribution in [0, 0.1) is 6.92 Å². The second kappa shape index (κ2) is 5.91. The lowest BCUT2D eigenvalue weighted by molar-refractivity contribution is 0.00148. The van der Waals surface area contributed by atoms with Crippen LogP contribution >= 0.6 is 0 Å². The van der Waals surface area contributed by atoms with Crippen LogP contribution in [0.4, 0.5) is 8.78 Å². The second-order valence-electron chi connectivity index (χ2n) is 4.66. The highest BCUT2D eigenvalue weighted by molar-refractivity contribution is 7.89. The Kier molecular flexibility index (Phi) is 4.39. The molecule has 0 atom stereocenters. The monoisotopic (exact) mass is 311 g/mol. The minimum Gasteiger partial charge on any atom is -0.207 e. The molecule has 0 aliphatic carbocycles. The van der Waals surface area contributed by atoms with Gasteiger partial charge in [0, 0.05) is 5.56 Å². The quantitative estimate of drug-likeness (QED) is 0.922. The number of hydrogen-bond donors (Lipinski definition) is 1. The summed E-state index contributed by atoms with van der Waals surface area (Å²) in [5, 5.41) is 0. The molecule has 0 spiro atoms. The smallest absolute Gasteiger partial charge is 0.207 e. The molecule has 0 radical (unpaired) electrons. The number of nitrogens with one attached hydrogen (secondary N) is 1. The highest BCUT2D eigenvalue weighted by Crippen LogP contribution is 2.30. The van der Waals surface area contributed by atoms with Gasteiger partial charge in [0.05, 0.1) is 11.4 Å². The molecule has 0 saturated heterocycles. The third-order valence-corrected chi connectivity index (χ3v) is 4.49. The number of aryl methyl sites for hydroxylation is 1. The van der Waals surface area contributed by atoms with Crippen molar-refractivity contribution in [3.63, 3.8) is 0 Å². The predicted octanol–water partition coefficient (Wildman–Crippen LogP) is 3.07. The van der Waals surface area contributed by atoms with E-state index >= 15 is 0 Å². The normalized spacial score (nSPS) is 12.3. The highest BCUT2D eigenvalue weighted by Gasteiger charge is 2.34. The zero-order chi connectivity index (χ0) is 15.5. The molecule has 2 aromatic carbocycles. The third-order valence-electron chi connectivity index (χ3n) is 3.08. The molecular formula is C15H15F2NO2S. The zero-order valence-corrected chi connectivity index (χ0v) is 12.2. The molecule has 0 aliphatic rings. The summed E-state index contributed by atoms with van der Waals surface area (Å²) >= 11 is 0. The molecule has 0 amide bonds. The van der Waals surface area contributed by atoms with E-state index in [-0.39, 0.29) is 10.5 Å². The molecule has 3 nitrogen and oxygen atoms in total. The van der Waals surface area contributed by atoms with Gasteiger partial charge in [0.25, 0.3) is 5.92 Å². The van der Waals surface area contributed by atoms with Crippen molar-refractivity contribution < 1.29 is 17.2 Å². The molecule has 0 bridgehead atoms. The summed E-state index contributed by atoms with van der Waals surface area (Å²) in [6.45, 7) is 0.587. The lowest BCUT2D eigenvalue weighted by Gasteiger charge is -2.19. The van der Waals surface area contributed by atoms with Gasteiger partial charge in [-0.25, -0.2) is 13.1 Å². The fourth-order valence-corrected chi connectivity index (χ4v) is 3.00. The molecule has 2 aromatic rings. The molecule has 0 saturated carbocycles. The van der Waals surface area contributed by atoms with E-state index in [0.29, 0.717) is 5.56 Å². The highest BCUT2D eigenvalue weighted by atomic mass is 32.2. The number of halogens is 2. The summed E-state index contributed by atoms with van der Waals surface area (Å²) in [5.74, 6) is -3.27. The summed E-state index contributed by atoms with van der Waals surface area (Å²) in [4.78, 5) is -0.0365. The first kappa shape index (κ1) is 15.6. The van der Waals surface area contributed by atoms with Gasteiger partial charge in [-0.05, 0) is 24.6 Å². The summed E-state index contributed by atoms with van der Waals surface area (Å²) in [7, 11) is -3.94. The van der Waals surface area contributed by atoms with Gasteiger partial charge >= 0.3 is 0 Å². The Morgan fingerprint density at radius 3 is 2.19 bits per heavy atom. The Morgan fingerprint density at radius 2 is 1.57 bits per heavy atom. The van der Waals surface area contributed by atoms with Crippen LogP contribution in [0.15, 0.2) is 59.5 Å². The van der Waals surface area contributed by atoms with Gasteiger partial charge in [0.2, 0.25) is 10.0 Å². The SMILES string of the molecule is Cc1ccccc1C(F)(F)CNS(=O)(=O)c1ccccc1. The van der Waals surface area contributed by atoms with Crippen LogP contribution in [0.1, 0.15) is 11.1 Å². The Morgan fingerprint density at radius 1 is 1.00 bits per heavy atom. The number of rotatable bonds is 5. The average molecular weight is 311 g/mol. The first-order valence-electron chi connectivity index (χ1n) is 6.31. The second-order valence-corrected chi connectivity index (χ2v) is 6.42. The molecule has 6 heteroatoms. The average Bonchev–Trinajstić information content (AvgIpc) is 2.47. The number of sulfonamides is 1. The van der Waals surface area contributed by atoms with Crippen LogP contribution < -0.4 is 4.72 Å². The van der Waals surface area contributed by atoms with Crippen LogP contribution in [0.3, 0.4) is 0 Å². The maximum atomic E-state index is 14.1. The lowest BCUT2D eigenvalue weighted by atomic mass is 10.0. The molecule has 0 aliphatic heterocycles. The van der Waals surface area contributed by atoms with E-state index in [1.807, 2.05) is 4.72 Å². The molecular weight excluding hydrogens is 296 g/mol. The van der Waals surface area contributed by atoms with Crippen molar-refractivity contribution in [2.45, 2.75) is 17.7 Å². The third kappa shape index (κ3) is 3.65. The summed E-state index contributed by atoms with van der Waals surface area (Å²) in [6, 6.07) is 13.5. The van der Waals surface area contributed by atoms with Gasteiger partial charge in [-0.15, -0.1) is 0 Å².